The van der Waals surface area contributed by atoms with Crippen LogP contribution in [-0.4, -0.2) is 0 Å². The summed E-state index contributed by atoms with van der Waals surface area (Å²) in [5.74, 6) is 11.9. The van der Waals surface area contributed by atoms with Gasteiger partial charge < -0.3 is 0 Å². The fourth-order valence-corrected chi connectivity index (χ4v) is 3.87. The first kappa shape index (κ1) is 26.2. The van der Waals surface area contributed by atoms with Crippen molar-refractivity contribution in [3.05, 3.63) is 106 Å². The van der Waals surface area contributed by atoms with Crippen molar-refractivity contribution in [3.63, 3.8) is 0 Å². The Labute approximate surface area is 209 Å². The first-order chi connectivity index (χ1) is 17.1. The smallest absolute Gasteiger partial charge is 0.127 e. The van der Waals surface area contributed by atoms with Gasteiger partial charge in [0.25, 0.3) is 0 Å². The molecule has 0 bridgehead atoms. The lowest BCUT2D eigenvalue weighted by molar-refractivity contribution is 0.587. The molecule has 0 nitrogen and oxygen atoms in total. The summed E-state index contributed by atoms with van der Waals surface area (Å²) in [6.07, 6.45) is 9.42. The first-order valence-corrected chi connectivity index (χ1v) is 12.8. The average molecular weight is 469 g/mol. The van der Waals surface area contributed by atoms with Crippen LogP contribution in [0.4, 0.5) is 8.78 Å². The second-order valence-corrected chi connectivity index (χ2v) is 8.96. The van der Waals surface area contributed by atoms with Crippen molar-refractivity contribution < 1.29 is 8.78 Å². The van der Waals surface area contributed by atoms with E-state index in [-0.39, 0.29) is 11.6 Å². The highest BCUT2D eigenvalue weighted by Gasteiger charge is 2.03. The molecule has 0 spiro atoms. The van der Waals surface area contributed by atoms with Crippen molar-refractivity contribution in [2.75, 3.05) is 0 Å². The van der Waals surface area contributed by atoms with Gasteiger partial charge in [0.2, 0.25) is 0 Å². The predicted octanol–water partition coefficient (Wildman–Crippen LogP) is 8.62. The summed E-state index contributed by atoms with van der Waals surface area (Å²) in [5, 5.41) is 0. The molecule has 0 unspecified atom stereocenters. The Morgan fingerprint density at radius 3 is 1.34 bits per heavy atom. The second kappa shape index (κ2) is 14.1. The molecule has 0 aliphatic rings. The minimum Gasteiger partial charge on any atom is -0.207 e. The predicted molar refractivity (Wildman–Crippen MR) is 142 cm³/mol. The second-order valence-electron chi connectivity index (χ2n) is 8.96. The van der Waals surface area contributed by atoms with Crippen LogP contribution in [0, 0.1) is 35.3 Å². The third kappa shape index (κ3) is 8.73. The number of aryl methyl sites for hydroxylation is 2. The van der Waals surface area contributed by atoms with E-state index in [1.807, 2.05) is 48.5 Å². The monoisotopic (exact) mass is 468 g/mol. The van der Waals surface area contributed by atoms with E-state index < -0.39 is 0 Å². The van der Waals surface area contributed by atoms with Crippen LogP contribution in [0.25, 0.3) is 0 Å². The zero-order valence-corrected chi connectivity index (χ0v) is 20.9. The van der Waals surface area contributed by atoms with E-state index >= 15 is 0 Å². The van der Waals surface area contributed by atoms with Gasteiger partial charge >= 0.3 is 0 Å². The van der Waals surface area contributed by atoms with Crippen LogP contribution >= 0.6 is 0 Å². The highest BCUT2D eigenvalue weighted by atomic mass is 19.1. The Morgan fingerprint density at radius 1 is 0.486 bits per heavy atom. The Bertz CT molecular complexity index is 1210. The van der Waals surface area contributed by atoms with Crippen molar-refractivity contribution in [1.82, 2.24) is 0 Å². The molecule has 0 atom stereocenters. The third-order valence-electron chi connectivity index (χ3n) is 6.04. The number of hydrogen-bond donors (Lipinski definition) is 0. The SMILES string of the molecule is CCCCCCCc1ccc(C#Cc2ccc(C#Cc3ccc(CCCC)c(F)c3)cc2)cc1F. The van der Waals surface area contributed by atoms with Crippen LogP contribution < -0.4 is 0 Å². The third-order valence-corrected chi connectivity index (χ3v) is 6.04. The molecule has 2 heteroatoms. The van der Waals surface area contributed by atoms with E-state index in [0.717, 1.165) is 60.8 Å². The molecule has 3 aromatic carbocycles. The molecule has 0 radical (unpaired) electrons. The van der Waals surface area contributed by atoms with E-state index in [1.54, 1.807) is 0 Å². The van der Waals surface area contributed by atoms with E-state index in [2.05, 4.69) is 37.5 Å². The fraction of sp³-hybridized carbons (Fsp3) is 0.333. The standard InChI is InChI=1S/C33H34F2/c1-3-5-7-8-9-11-31-23-21-29(25-33(31)35)19-17-27-14-12-26(13-15-27)16-18-28-20-22-30(10-6-4-2)32(34)24-28/h12-15,20-25H,3-11H2,1-2H3. The lowest BCUT2D eigenvalue weighted by Gasteiger charge is -2.04. The Balaban J connectivity index is 1.59. The maximum atomic E-state index is 14.4. The molecule has 0 aromatic heterocycles. The van der Waals surface area contributed by atoms with Crippen molar-refractivity contribution in [2.45, 2.75) is 71.6 Å². The van der Waals surface area contributed by atoms with Crippen molar-refractivity contribution in [3.8, 4) is 23.7 Å². The molecule has 180 valence electrons. The van der Waals surface area contributed by atoms with Gasteiger partial charge in [-0.1, -0.05) is 81.8 Å². The number of hydrogen-bond acceptors (Lipinski definition) is 0. The van der Waals surface area contributed by atoms with Gasteiger partial charge in [-0.05, 0) is 85.3 Å². The number of benzene rings is 3. The highest BCUT2D eigenvalue weighted by molar-refractivity contribution is 5.48. The highest BCUT2D eigenvalue weighted by Crippen LogP contribution is 2.15. The van der Waals surface area contributed by atoms with Gasteiger partial charge in [-0.25, -0.2) is 8.78 Å². The first-order valence-electron chi connectivity index (χ1n) is 12.8. The molecule has 0 amide bonds. The summed E-state index contributed by atoms with van der Waals surface area (Å²) in [7, 11) is 0. The molecule has 0 fully saturated rings. The molecule has 0 saturated heterocycles. The van der Waals surface area contributed by atoms with Crippen LogP contribution in [0.3, 0.4) is 0 Å². The van der Waals surface area contributed by atoms with E-state index in [1.165, 1.54) is 31.4 Å². The fourth-order valence-electron chi connectivity index (χ4n) is 3.87. The summed E-state index contributed by atoms with van der Waals surface area (Å²) >= 11 is 0. The Morgan fingerprint density at radius 2 is 0.886 bits per heavy atom. The molecule has 0 aliphatic carbocycles. The number of rotatable bonds is 9. The van der Waals surface area contributed by atoms with Gasteiger partial charge in [-0.3, -0.25) is 0 Å². The summed E-state index contributed by atoms with van der Waals surface area (Å²) < 4.78 is 28.6. The zero-order chi connectivity index (χ0) is 24.9. The van der Waals surface area contributed by atoms with Gasteiger partial charge in [-0.15, -0.1) is 0 Å². The van der Waals surface area contributed by atoms with Gasteiger partial charge in [0.15, 0.2) is 0 Å². The van der Waals surface area contributed by atoms with Crippen molar-refractivity contribution >= 4 is 0 Å². The van der Waals surface area contributed by atoms with E-state index in [0.29, 0.717) is 11.1 Å². The van der Waals surface area contributed by atoms with E-state index in [9.17, 15) is 8.78 Å². The molecule has 3 aromatic rings. The summed E-state index contributed by atoms with van der Waals surface area (Å²) in [6.45, 7) is 4.29. The normalized spacial score (nSPS) is 10.3. The van der Waals surface area contributed by atoms with E-state index in [4.69, 9.17) is 0 Å². The van der Waals surface area contributed by atoms with Crippen molar-refractivity contribution in [2.24, 2.45) is 0 Å². The average Bonchev–Trinajstić information content (AvgIpc) is 2.87. The van der Waals surface area contributed by atoms with Gasteiger partial charge in [0, 0.05) is 22.3 Å². The summed E-state index contributed by atoms with van der Waals surface area (Å²) in [5.41, 5.74) is 4.52. The van der Waals surface area contributed by atoms with Crippen LogP contribution in [-0.2, 0) is 12.8 Å². The summed E-state index contributed by atoms with van der Waals surface area (Å²) in [6, 6.07) is 18.1. The van der Waals surface area contributed by atoms with Crippen molar-refractivity contribution in [1.29, 1.82) is 0 Å². The molecule has 0 saturated carbocycles. The Hall–Kier alpha value is -3.36. The van der Waals surface area contributed by atoms with Gasteiger partial charge in [0.05, 0.1) is 0 Å². The number of halogens is 2. The van der Waals surface area contributed by atoms with Gasteiger partial charge in [0.1, 0.15) is 11.6 Å². The van der Waals surface area contributed by atoms with Crippen LogP contribution in [0.1, 0.15) is 92.2 Å². The van der Waals surface area contributed by atoms with Crippen LogP contribution in [0.15, 0.2) is 60.7 Å². The maximum Gasteiger partial charge on any atom is 0.127 e. The molecule has 0 aliphatic heterocycles. The lowest BCUT2D eigenvalue weighted by atomic mass is 10.0. The molecular formula is C33H34F2. The zero-order valence-electron chi connectivity index (χ0n) is 20.9. The van der Waals surface area contributed by atoms with Crippen LogP contribution in [0.5, 0.6) is 0 Å². The number of unbranched alkanes of at least 4 members (excludes halogenated alkanes) is 5. The topological polar surface area (TPSA) is 0 Å². The van der Waals surface area contributed by atoms with Crippen LogP contribution in [0.2, 0.25) is 0 Å². The summed E-state index contributed by atoms with van der Waals surface area (Å²) in [4.78, 5) is 0. The molecular weight excluding hydrogens is 434 g/mol. The molecule has 0 heterocycles. The minimum absolute atomic E-state index is 0.173. The largest absolute Gasteiger partial charge is 0.207 e. The minimum atomic E-state index is -0.188. The van der Waals surface area contributed by atoms with Gasteiger partial charge in [-0.2, -0.15) is 0 Å². The lowest BCUT2D eigenvalue weighted by Crippen LogP contribution is -1.92. The quantitative estimate of drug-likeness (QED) is 0.218. The molecule has 3 rings (SSSR count). The Kier molecular flexibility index (Phi) is 10.6. The molecule has 35 heavy (non-hydrogen) atoms. The molecule has 0 N–H and O–H groups in total. The maximum absolute atomic E-state index is 14.4.